The summed E-state index contributed by atoms with van der Waals surface area (Å²) in [4.78, 5) is 11.5. The average molecular weight is 349 g/mol. The highest BCUT2D eigenvalue weighted by Crippen LogP contribution is 2.27. The molecule has 1 unspecified atom stereocenters. The molecule has 0 heterocycles. The first-order valence-electron chi connectivity index (χ1n) is 6.72. The Morgan fingerprint density at radius 2 is 1.95 bits per heavy atom. The van der Waals surface area contributed by atoms with Crippen molar-refractivity contribution < 1.29 is 14.6 Å². The van der Waals surface area contributed by atoms with E-state index in [0.717, 1.165) is 21.3 Å². The van der Waals surface area contributed by atoms with Crippen LogP contribution in [0.1, 0.15) is 23.5 Å². The first-order valence-corrected chi connectivity index (χ1v) is 7.51. The van der Waals surface area contributed by atoms with Crippen molar-refractivity contribution in [2.45, 2.75) is 18.8 Å². The van der Waals surface area contributed by atoms with E-state index >= 15 is 0 Å². The van der Waals surface area contributed by atoms with E-state index in [9.17, 15) is 9.90 Å². The second-order valence-electron chi connectivity index (χ2n) is 4.80. The Morgan fingerprint density at radius 3 is 2.57 bits per heavy atom. The number of benzene rings is 2. The topological polar surface area (TPSA) is 46.5 Å². The number of hydrogen-bond acceptors (Lipinski definition) is 2. The van der Waals surface area contributed by atoms with Crippen molar-refractivity contribution in [3.63, 3.8) is 0 Å². The van der Waals surface area contributed by atoms with Gasteiger partial charge < -0.3 is 9.84 Å². The van der Waals surface area contributed by atoms with Gasteiger partial charge in [-0.05, 0) is 42.2 Å². The van der Waals surface area contributed by atoms with Crippen molar-refractivity contribution in [2.24, 2.45) is 0 Å². The van der Waals surface area contributed by atoms with E-state index in [1.54, 1.807) is 7.11 Å². The molecule has 0 aromatic heterocycles. The fourth-order valence-electron chi connectivity index (χ4n) is 2.29. The van der Waals surface area contributed by atoms with Crippen LogP contribution in [0.5, 0.6) is 5.75 Å². The van der Waals surface area contributed by atoms with Gasteiger partial charge in [-0.1, -0.05) is 46.3 Å². The second-order valence-corrected chi connectivity index (χ2v) is 5.65. The zero-order valence-corrected chi connectivity index (χ0v) is 13.3. The van der Waals surface area contributed by atoms with Crippen LogP contribution in [0.3, 0.4) is 0 Å². The average Bonchev–Trinajstić information content (AvgIpc) is 2.50. The lowest BCUT2D eigenvalue weighted by Gasteiger charge is -2.14. The van der Waals surface area contributed by atoms with E-state index in [0.29, 0.717) is 12.8 Å². The van der Waals surface area contributed by atoms with E-state index in [2.05, 4.69) is 15.9 Å². The molecule has 1 atom stereocenters. The molecule has 0 bridgehead atoms. The number of carbonyl (C=O) groups is 1. The van der Waals surface area contributed by atoms with Crippen LogP contribution in [0.4, 0.5) is 0 Å². The lowest BCUT2D eigenvalue weighted by atomic mass is 9.92. The Labute approximate surface area is 132 Å². The van der Waals surface area contributed by atoms with Gasteiger partial charge in [0, 0.05) is 4.47 Å². The Balaban J connectivity index is 2.14. The van der Waals surface area contributed by atoms with Crippen LogP contribution in [0, 0.1) is 0 Å². The molecule has 0 saturated carbocycles. The molecule has 2 aromatic carbocycles. The molecule has 21 heavy (non-hydrogen) atoms. The third kappa shape index (κ3) is 4.08. The largest absolute Gasteiger partial charge is 0.497 e. The predicted octanol–water partition coefficient (Wildman–Crippen LogP) is 4.26. The molecule has 2 aromatic rings. The number of aryl methyl sites for hydroxylation is 1. The van der Waals surface area contributed by atoms with Crippen molar-refractivity contribution in [2.75, 3.05) is 7.11 Å². The highest BCUT2D eigenvalue weighted by molar-refractivity contribution is 9.10. The van der Waals surface area contributed by atoms with Gasteiger partial charge in [0.25, 0.3) is 0 Å². The Kier molecular flexibility index (Phi) is 5.39. The van der Waals surface area contributed by atoms with Crippen LogP contribution < -0.4 is 4.74 Å². The van der Waals surface area contributed by atoms with Crippen LogP contribution in [0.2, 0.25) is 0 Å². The summed E-state index contributed by atoms with van der Waals surface area (Å²) in [6, 6.07) is 15.1. The summed E-state index contributed by atoms with van der Waals surface area (Å²) in [5, 5.41) is 9.44. The molecule has 0 spiro atoms. The molecule has 0 aliphatic heterocycles. The van der Waals surface area contributed by atoms with Gasteiger partial charge in [-0.3, -0.25) is 4.79 Å². The van der Waals surface area contributed by atoms with Crippen LogP contribution in [0.15, 0.2) is 53.0 Å². The molecule has 110 valence electrons. The zero-order valence-electron chi connectivity index (χ0n) is 11.8. The molecular formula is C17H17BrO3. The molecule has 0 radical (unpaired) electrons. The van der Waals surface area contributed by atoms with Gasteiger partial charge in [-0.25, -0.2) is 0 Å². The Bertz CT molecular complexity index is 611. The number of carboxylic acid groups (broad SMARTS) is 1. The summed E-state index contributed by atoms with van der Waals surface area (Å²) in [5.74, 6) is -0.510. The van der Waals surface area contributed by atoms with Crippen molar-refractivity contribution in [1.82, 2.24) is 0 Å². The van der Waals surface area contributed by atoms with Crippen LogP contribution >= 0.6 is 15.9 Å². The number of methoxy groups -OCH3 is 1. The standard InChI is InChI=1S/C17H17BrO3/c1-21-14-8-10-16(18)13(11-14)7-9-15(17(19)20)12-5-3-2-4-6-12/h2-6,8,10-11,15H,7,9H2,1H3,(H,19,20). The Morgan fingerprint density at radius 1 is 1.24 bits per heavy atom. The highest BCUT2D eigenvalue weighted by atomic mass is 79.9. The molecule has 1 N–H and O–H groups in total. The van der Waals surface area contributed by atoms with Crippen molar-refractivity contribution in [1.29, 1.82) is 0 Å². The summed E-state index contributed by atoms with van der Waals surface area (Å²) in [6.45, 7) is 0. The molecule has 2 rings (SSSR count). The third-order valence-corrected chi connectivity index (χ3v) is 4.23. The number of ether oxygens (including phenoxy) is 1. The van der Waals surface area contributed by atoms with Gasteiger partial charge in [0.15, 0.2) is 0 Å². The summed E-state index contributed by atoms with van der Waals surface area (Å²) in [7, 11) is 1.62. The maximum absolute atomic E-state index is 11.5. The lowest BCUT2D eigenvalue weighted by molar-refractivity contribution is -0.138. The number of halogens is 1. The van der Waals surface area contributed by atoms with Crippen LogP contribution in [0.25, 0.3) is 0 Å². The quantitative estimate of drug-likeness (QED) is 0.848. The maximum Gasteiger partial charge on any atom is 0.310 e. The van der Waals surface area contributed by atoms with E-state index < -0.39 is 11.9 Å². The Hall–Kier alpha value is -1.81. The monoisotopic (exact) mass is 348 g/mol. The SMILES string of the molecule is COc1ccc(Br)c(CCC(C(=O)O)c2ccccc2)c1. The molecular weight excluding hydrogens is 332 g/mol. The molecule has 3 nitrogen and oxygen atoms in total. The lowest BCUT2D eigenvalue weighted by Crippen LogP contribution is -2.12. The van der Waals surface area contributed by atoms with Gasteiger partial charge in [0.2, 0.25) is 0 Å². The van der Waals surface area contributed by atoms with Crippen LogP contribution in [-0.2, 0) is 11.2 Å². The first kappa shape index (κ1) is 15.6. The van der Waals surface area contributed by atoms with E-state index in [1.807, 2.05) is 48.5 Å². The highest BCUT2D eigenvalue weighted by Gasteiger charge is 2.19. The number of aliphatic carboxylic acids is 1. The van der Waals surface area contributed by atoms with E-state index in [1.165, 1.54) is 0 Å². The van der Waals surface area contributed by atoms with Gasteiger partial charge in [0.05, 0.1) is 13.0 Å². The molecule has 0 aliphatic rings. The zero-order chi connectivity index (χ0) is 15.2. The van der Waals surface area contributed by atoms with Crippen molar-refractivity contribution >= 4 is 21.9 Å². The minimum atomic E-state index is -0.791. The summed E-state index contributed by atoms with van der Waals surface area (Å²) in [5.41, 5.74) is 1.89. The fraction of sp³-hybridized carbons (Fsp3) is 0.235. The minimum Gasteiger partial charge on any atom is -0.497 e. The molecule has 4 heteroatoms. The normalized spacial score (nSPS) is 11.9. The van der Waals surface area contributed by atoms with E-state index in [-0.39, 0.29) is 0 Å². The van der Waals surface area contributed by atoms with Gasteiger partial charge in [-0.15, -0.1) is 0 Å². The number of hydrogen-bond donors (Lipinski definition) is 1. The smallest absolute Gasteiger partial charge is 0.310 e. The molecule has 0 amide bonds. The first-order chi connectivity index (χ1) is 10.1. The predicted molar refractivity (Wildman–Crippen MR) is 85.8 cm³/mol. The fourth-order valence-corrected chi connectivity index (χ4v) is 2.73. The van der Waals surface area contributed by atoms with Crippen molar-refractivity contribution in [3.8, 4) is 5.75 Å². The number of rotatable bonds is 6. The molecule has 0 aliphatic carbocycles. The summed E-state index contributed by atoms with van der Waals surface area (Å²) < 4.78 is 6.18. The van der Waals surface area contributed by atoms with Gasteiger partial charge >= 0.3 is 5.97 Å². The number of carboxylic acids is 1. The summed E-state index contributed by atoms with van der Waals surface area (Å²) in [6.07, 6.45) is 1.22. The van der Waals surface area contributed by atoms with Crippen molar-refractivity contribution in [3.05, 3.63) is 64.1 Å². The molecule has 0 fully saturated rings. The molecule has 0 saturated heterocycles. The minimum absolute atomic E-state index is 0.496. The van der Waals surface area contributed by atoms with Gasteiger partial charge in [-0.2, -0.15) is 0 Å². The third-order valence-electron chi connectivity index (χ3n) is 3.46. The second kappa shape index (κ2) is 7.27. The maximum atomic E-state index is 11.5. The van der Waals surface area contributed by atoms with E-state index in [4.69, 9.17) is 4.74 Å². The summed E-state index contributed by atoms with van der Waals surface area (Å²) >= 11 is 3.50. The van der Waals surface area contributed by atoms with Gasteiger partial charge in [0.1, 0.15) is 5.75 Å². The van der Waals surface area contributed by atoms with Crippen LogP contribution in [-0.4, -0.2) is 18.2 Å².